The van der Waals surface area contributed by atoms with Crippen LogP contribution in [0.25, 0.3) is 0 Å². The average Bonchev–Trinajstić information content (AvgIpc) is 2.91. The predicted molar refractivity (Wildman–Crippen MR) is 88.0 cm³/mol. The van der Waals surface area contributed by atoms with Crippen molar-refractivity contribution in [3.05, 3.63) is 11.1 Å². The fourth-order valence-electron chi connectivity index (χ4n) is 2.59. The van der Waals surface area contributed by atoms with Crippen LogP contribution in [-0.4, -0.2) is 66.5 Å². The van der Waals surface area contributed by atoms with Gasteiger partial charge in [0.05, 0.1) is 24.7 Å². The summed E-state index contributed by atoms with van der Waals surface area (Å²) in [5.41, 5.74) is 1.06. The van der Waals surface area contributed by atoms with Gasteiger partial charge in [0.1, 0.15) is 0 Å². The molecule has 2 rings (SSSR count). The molecule has 0 radical (unpaired) electrons. The normalized spacial score (nSPS) is 19.0. The van der Waals surface area contributed by atoms with E-state index in [0.717, 1.165) is 30.5 Å². The molecule has 1 aliphatic rings. The summed E-state index contributed by atoms with van der Waals surface area (Å²) in [5, 5.41) is 11.7. The molecule has 0 unspecified atom stereocenters. The topological polar surface area (TPSA) is 63.5 Å². The van der Waals surface area contributed by atoms with Gasteiger partial charge >= 0.3 is 0 Å². The Kier molecular flexibility index (Phi) is 5.75. The molecule has 6 nitrogen and oxygen atoms in total. The van der Waals surface area contributed by atoms with Crippen LogP contribution in [0.1, 0.15) is 19.0 Å². The zero-order chi connectivity index (χ0) is 16.1. The van der Waals surface area contributed by atoms with Crippen LogP contribution in [0.15, 0.2) is 5.38 Å². The zero-order valence-corrected chi connectivity index (χ0v) is 14.3. The van der Waals surface area contributed by atoms with Crippen LogP contribution in [0, 0.1) is 18.3 Å². The summed E-state index contributed by atoms with van der Waals surface area (Å²) in [6, 6.07) is 2.41. The van der Waals surface area contributed by atoms with Crippen molar-refractivity contribution < 1.29 is 4.79 Å². The first-order valence-corrected chi connectivity index (χ1v) is 8.41. The Morgan fingerprint density at radius 3 is 2.95 bits per heavy atom. The lowest BCUT2D eigenvalue weighted by Gasteiger charge is -2.39. The minimum absolute atomic E-state index is 0.0843. The number of hydrogen-bond acceptors (Lipinski definition) is 6. The van der Waals surface area contributed by atoms with E-state index in [4.69, 9.17) is 5.26 Å². The summed E-state index contributed by atoms with van der Waals surface area (Å²) in [4.78, 5) is 22.8. The van der Waals surface area contributed by atoms with Crippen LogP contribution >= 0.6 is 11.3 Å². The molecule has 22 heavy (non-hydrogen) atoms. The van der Waals surface area contributed by atoms with Crippen LogP contribution in [0.2, 0.25) is 0 Å². The number of anilines is 1. The molecule has 1 amide bonds. The Bertz CT molecular complexity index is 552. The van der Waals surface area contributed by atoms with Gasteiger partial charge in [-0.25, -0.2) is 4.98 Å². The summed E-state index contributed by atoms with van der Waals surface area (Å²) in [7, 11) is 1.76. The summed E-state index contributed by atoms with van der Waals surface area (Å²) in [6.45, 7) is 7.73. The smallest absolute Gasteiger partial charge is 0.236 e. The third-order valence-electron chi connectivity index (χ3n) is 3.91. The number of aryl methyl sites for hydroxylation is 1. The summed E-state index contributed by atoms with van der Waals surface area (Å²) >= 11 is 1.68. The Balaban J connectivity index is 1.85. The lowest BCUT2D eigenvalue weighted by atomic mass is 10.2. The quantitative estimate of drug-likeness (QED) is 0.819. The van der Waals surface area contributed by atoms with E-state index >= 15 is 0 Å². The van der Waals surface area contributed by atoms with E-state index in [2.05, 4.69) is 33.2 Å². The van der Waals surface area contributed by atoms with Crippen LogP contribution in [0.4, 0.5) is 5.13 Å². The molecule has 0 aliphatic carbocycles. The van der Waals surface area contributed by atoms with Gasteiger partial charge in [-0.2, -0.15) is 5.26 Å². The highest BCUT2D eigenvalue weighted by Gasteiger charge is 2.27. The van der Waals surface area contributed by atoms with Gasteiger partial charge < -0.3 is 9.80 Å². The maximum Gasteiger partial charge on any atom is 0.236 e. The standard InChI is InChI=1S/C15H23N5OS/c1-12-11-22-15(17-12)20-8-7-19(9-13(20)2)10-14(21)18(3)6-4-5-16/h11,13H,4,6-10H2,1-3H3/t13-/m0/s1. The number of carbonyl (C=O) groups excluding carboxylic acids is 1. The van der Waals surface area contributed by atoms with Gasteiger partial charge in [0, 0.05) is 44.6 Å². The number of nitriles is 1. The third kappa shape index (κ3) is 4.18. The maximum atomic E-state index is 12.1. The van der Waals surface area contributed by atoms with E-state index in [-0.39, 0.29) is 5.91 Å². The number of thiazole rings is 1. The monoisotopic (exact) mass is 321 g/mol. The Morgan fingerprint density at radius 1 is 1.59 bits per heavy atom. The molecule has 1 saturated heterocycles. The second-order valence-corrected chi connectivity index (χ2v) is 6.61. The molecule has 0 bridgehead atoms. The number of rotatable bonds is 5. The van der Waals surface area contributed by atoms with Crippen molar-refractivity contribution in [2.24, 2.45) is 0 Å². The predicted octanol–water partition coefficient (Wildman–Crippen LogP) is 1.33. The highest BCUT2D eigenvalue weighted by molar-refractivity contribution is 7.13. The summed E-state index contributed by atoms with van der Waals surface area (Å²) in [6.07, 6.45) is 0.385. The largest absolute Gasteiger partial charge is 0.344 e. The van der Waals surface area contributed by atoms with E-state index in [9.17, 15) is 4.79 Å². The minimum Gasteiger partial charge on any atom is -0.344 e. The first kappa shape index (κ1) is 16.7. The fourth-order valence-corrected chi connectivity index (χ4v) is 3.52. The molecule has 120 valence electrons. The zero-order valence-electron chi connectivity index (χ0n) is 13.4. The minimum atomic E-state index is 0.0843. The number of amides is 1. The first-order chi connectivity index (χ1) is 10.5. The Hall–Kier alpha value is -1.65. The van der Waals surface area contributed by atoms with E-state index in [1.54, 1.807) is 23.3 Å². The number of carbonyl (C=O) groups is 1. The van der Waals surface area contributed by atoms with E-state index in [1.807, 2.05) is 6.92 Å². The molecule has 1 atom stereocenters. The van der Waals surface area contributed by atoms with Gasteiger partial charge in [-0.1, -0.05) is 0 Å². The summed E-state index contributed by atoms with van der Waals surface area (Å²) < 4.78 is 0. The molecule has 1 aromatic heterocycles. The van der Waals surface area contributed by atoms with E-state index in [1.165, 1.54) is 0 Å². The van der Waals surface area contributed by atoms with E-state index in [0.29, 0.717) is 25.6 Å². The second kappa shape index (κ2) is 7.56. The van der Waals surface area contributed by atoms with Crippen LogP contribution in [0.5, 0.6) is 0 Å². The molecule has 0 spiro atoms. The third-order valence-corrected chi connectivity index (χ3v) is 4.90. The fraction of sp³-hybridized carbons (Fsp3) is 0.667. The molecule has 0 N–H and O–H groups in total. The van der Waals surface area contributed by atoms with Gasteiger partial charge in [0.2, 0.25) is 5.91 Å². The number of hydrogen-bond donors (Lipinski definition) is 0. The van der Waals surface area contributed by atoms with Crippen molar-refractivity contribution in [2.45, 2.75) is 26.3 Å². The molecular weight excluding hydrogens is 298 g/mol. The Labute approximate surface area is 135 Å². The second-order valence-electron chi connectivity index (χ2n) is 5.77. The molecule has 1 fully saturated rings. The average molecular weight is 321 g/mol. The maximum absolute atomic E-state index is 12.1. The Morgan fingerprint density at radius 2 is 2.36 bits per heavy atom. The molecule has 2 heterocycles. The molecule has 1 aromatic rings. The lowest BCUT2D eigenvalue weighted by molar-refractivity contribution is -0.131. The number of piperazine rings is 1. The van der Waals surface area contributed by atoms with E-state index < -0.39 is 0 Å². The van der Waals surface area contributed by atoms with Gasteiger partial charge in [0.15, 0.2) is 5.13 Å². The first-order valence-electron chi connectivity index (χ1n) is 7.53. The van der Waals surface area contributed by atoms with Gasteiger partial charge in [-0.05, 0) is 13.8 Å². The molecular formula is C15H23N5OS. The van der Waals surface area contributed by atoms with Crippen molar-refractivity contribution in [1.29, 1.82) is 5.26 Å². The van der Waals surface area contributed by atoms with Gasteiger partial charge in [0.25, 0.3) is 0 Å². The lowest BCUT2D eigenvalue weighted by Crippen LogP contribution is -2.54. The van der Waals surface area contributed by atoms with Crippen molar-refractivity contribution in [2.75, 3.05) is 44.7 Å². The SMILES string of the molecule is Cc1csc(N2CCN(CC(=O)N(C)CCC#N)C[C@@H]2C)n1. The van der Waals surface area contributed by atoms with Crippen molar-refractivity contribution in [3.63, 3.8) is 0 Å². The molecule has 0 aromatic carbocycles. The number of aromatic nitrogens is 1. The van der Waals surface area contributed by atoms with Gasteiger partial charge in [-0.3, -0.25) is 9.69 Å². The van der Waals surface area contributed by atoms with Crippen LogP contribution in [-0.2, 0) is 4.79 Å². The van der Waals surface area contributed by atoms with Crippen LogP contribution < -0.4 is 4.90 Å². The molecule has 7 heteroatoms. The molecule has 1 aliphatic heterocycles. The van der Waals surface area contributed by atoms with Crippen molar-refractivity contribution in [1.82, 2.24) is 14.8 Å². The summed E-state index contributed by atoms with van der Waals surface area (Å²) in [5.74, 6) is 0.0843. The highest BCUT2D eigenvalue weighted by atomic mass is 32.1. The molecule has 0 saturated carbocycles. The number of likely N-dealkylation sites (N-methyl/N-ethyl adjacent to an activating group) is 1. The van der Waals surface area contributed by atoms with Crippen LogP contribution in [0.3, 0.4) is 0 Å². The number of nitrogens with zero attached hydrogens (tertiary/aromatic N) is 5. The highest BCUT2D eigenvalue weighted by Crippen LogP contribution is 2.24. The van der Waals surface area contributed by atoms with Gasteiger partial charge in [-0.15, -0.1) is 11.3 Å². The van der Waals surface area contributed by atoms with Crippen molar-refractivity contribution >= 4 is 22.4 Å². The van der Waals surface area contributed by atoms with Crippen molar-refractivity contribution in [3.8, 4) is 6.07 Å².